The molecular weight excluding hydrogens is 240 g/mol. The molecule has 0 spiro atoms. The first-order chi connectivity index (χ1) is 8.97. The maximum atomic E-state index is 12.3. The van der Waals surface area contributed by atoms with Crippen molar-refractivity contribution < 1.29 is 9.90 Å². The SMILES string of the molecule is CC(C)(O)C1CCN(C(=O)CN2CCCCCC2)C1. The van der Waals surface area contributed by atoms with Gasteiger partial charge in [0.2, 0.25) is 5.91 Å². The maximum Gasteiger partial charge on any atom is 0.236 e. The molecule has 0 aromatic carbocycles. The standard InChI is InChI=1S/C15H28N2O2/c1-15(2,19)13-7-10-17(11-13)14(18)12-16-8-5-3-4-6-9-16/h13,19H,3-12H2,1-2H3. The highest BCUT2D eigenvalue weighted by molar-refractivity contribution is 5.78. The van der Waals surface area contributed by atoms with Crippen LogP contribution in [0.2, 0.25) is 0 Å². The predicted octanol–water partition coefficient (Wildman–Crippen LogP) is 1.48. The molecule has 0 radical (unpaired) electrons. The van der Waals surface area contributed by atoms with Gasteiger partial charge in [-0.2, -0.15) is 0 Å². The first-order valence-corrected chi connectivity index (χ1v) is 7.69. The Morgan fingerprint density at radius 2 is 1.79 bits per heavy atom. The molecule has 1 N–H and O–H groups in total. The van der Waals surface area contributed by atoms with Gasteiger partial charge in [-0.15, -0.1) is 0 Å². The van der Waals surface area contributed by atoms with Crippen molar-refractivity contribution in [1.82, 2.24) is 9.80 Å². The summed E-state index contributed by atoms with van der Waals surface area (Å²) < 4.78 is 0. The van der Waals surface area contributed by atoms with Gasteiger partial charge in [0.1, 0.15) is 0 Å². The van der Waals surface area contributed by atoms with E-state index in [1.54, 1.807) is 0 Å². The van der Waals surface area contributed by atoms with Crippen LogP contribution in [-0.4, -0.2) is 59.1 Å². The van der Waals surface area contributed by atoms with E-state index in [0.717, 1.165) is 32.6 Å². The molecule has 0 saturated carbocycles. The first kappa shape index (κ1) is 14.8. The Labute approximate surface area is 116 Å². The van der Waals surface area contributed by atoms with Crippen LogP contribution in [-0.2, 0) is 4.79 Å². The predicted molar refractivity (Wildman–Crippen MR) is 75.9 cm³/mol. The third kappa shape index (κ3) is 4.18. The van der Waals surface area contributed by atoms with E-state index in [4.69, 9.17) is 0 Å². The van der Waals surface area contributed by atoms with Crippen molar-refractivity contribution in [3.05, 3.63) is 0 Å². The maximum absolute atomic E-state index is 12.3. The first-order valence-electron chi connectivity index (χ1n) is 7.69. The Bertz CT molecular complexity index is 304. The average molecular weight is 268 g/mol. The van der Waals surface area contributed by atoms with Crippen LogP contribution < -0.4 is 0 Å². The van der Waals surface area contributed by atoms with E-state index in [0.29, 0.717) is 6.54 Å². The van der Waals surface area contributed by atoms with E-state index in [1.165, 1.54) is 25.7 Å². The van der Waals surface area contributed by atoms with Gasteiger partial charge in [0.05, 0.1) is 12.1 Å². The van der Waals surface area contributed by atoms with Crippen LogP contribution in [0.25, 0.3) is 0 Å². The molecule has 2 heterocycles. The molecular formula is C15H28N2O2. The van der Waals surface area contributed by atoms with Crippen molar-refractivity contribution in [2.45, 2.75) is 51.6 Å². The topological polar surface area (TPSA) is 43.8 Å². The zero-order valence-corrected chi connectivity index (χ0v) is 12.4. The van der Waals surface area contributed by atoms with Crippen molar-refractivity contribution in [2.24, 2.45) is 5.92 Å². The molecule has 2 saturated heterocycles. The lowest BCUT2D eigenvalue weighted by molar-refractivity contribution is -0.131. The van der Waals surface area contributed by atoms with Gasteiger partial charge in [-0.05, 0) is 46.2 Å². The van der Waals surface area contributed by atoms with Crippen molar-refractivity contribution in [3.8, 4) is 0 Å². The van der Waals surface area contributed by atoms with Crippen molar-refractivity contribution in [2.75, 3.05) is 32.7 Å². The number of hydrogen-bond donors (Lipinski definition) is 1. The molecule has 0 aliphatic carbocycles. The van der Waals surface area contributed by atoms with Gasteiger partial charge in [0.15, 0.2) is 0 Å². The number of amides is 1. The third-order valence-electron chi connectivity index (χ3n) is 4.60. The van der Waals surface area contributed by atoms with Crippen LogP contribution in [0.1, 0.15) is 46.0 Å². The normalized spacial score (nSPS) is 26.5. The lowest BCUT2D eigenvalue weighted by atomic mass is 9.90. The quantitative estimate of drug-likeness (QED) is 0.843. The lowest BCUT2D eigenvalue weighted by Crippen LogP contribution is -2.41. The van der Waals surface area contributed by atoms with Crippen molar-refractivity contribution >= 4 is 5.91 Å². The molecule has 2 fully saturated rings. The molecule has 19 heavy (non-hydrogen) atoms. The number of rotatable bonds is 3. The Morgan fingerprint density at radius 1 is 1.16 bits per heavy atom. The van der Waals surface area contributed by atoms with Gasteiger partial charge in [0.25, 0.3) is 0 Å². The summed E-state index contributed by atoms with van der Waals surface area (Å²) in [6, 6.07) is 0. The Hall–Kier alpha value is -0.610. The minimum Gasteiger partial charge on any atom is -0.390 e. The number of likely N-dealkylation sites (tertiary alicyclic amines) is 2. The highest BCUT2D eigenvalue weighted by Gasteiger charge is 2.35. The molecule has 1 amide bonds. The zero-order chi connectivity index (χ0) is 13.9. The molecule has 0 aromatic heterocycles. The zero-order valence-electron chi connectivity index (χ0n) is 12.4. The average Bonchev–Trinajstić information content (AvgIpc) is 2.70. The molecule has 2 aliphatic heterocycles. The smallest absolute Gasteiger partial charge is 0.236 e. The van der Waals surface area contributed by atoms with Crippen LogP contribution >= 0.6 is 0 Å². The van der Waals surface area contributed by atoms with E-state index in [-0.39, 0.29) is 11.8 Å². The number of carbonyl (C=O) groups is 1. The summed E-state index contributed by atoms with van der Waals surface area (Å²) in [7, 11) is 0. The van der Waals surface area contributed by atoms with Crippen LogP contribution in [0.3, 0.4) is 0 Å². The third-order valence-corrected chi connectivity index (χ3v) is 4.60. The summed E-state index contributed by atoms with van der Waals surface area (Å²) in [6.45, 7) is 7.92. The van der Waals surface area contributed by atoms with E-state index in [9.17, 15) is 9.90 Å². The number of carbonyl (C=O) groups excluding carboxylic acids is 1. The monoisotopic (exact) mass is 268 g/mol. The fourth-order valence-corrected chi connectivity index (χ4v) is 3.15. The van der Waals surface area contributed by atoms with Crippen molar-refractivity contribution in [3.63, 3.8) is 0 Å². The molecule has 4 heteroatoms. The van der Waals surface area contributed by atoms with Gasteiger partial charge < -0.3 is 10.0 Å². The second kappa shape index (κ2) is 6.23. The summed E-state index contributed by atoms with van der Waals surface area (Å²) in [5.74, 6) is 0.467. The van der Waals surface area contributed by atoms with Crippen molar-refractivity contribution in [1.29, 1.82) is 0 Å². The molecule has 4 nitrogen and oxygen atoms in total. The highest BCUT2D eigenvalue weighted by Crippen LogP contribution is 2.27. The number of aliphatic hydroxyl groups is 1. The van der Waals surface area contributed by atoms with E-state index < -0.39 is 5.60 Å². The van der Waals surface area contributed by atoms with E-state index in [2.05, 4.69) is 4.90 Å². The fraction of sp³-hybridized carbons (Fsp3) is 0.933. The Balaban J connectivity index is 1.80. The summed E-state index contributed by atoms with van der Waals surface area (Å²) in [6.07, 6.45) is 5.97. The molecule has 2 aliphatic rings. The fourth-order valence-electron chi connectivity index (χ4n) is 3.15. The van der Waals surface area contributed by atoms with Gasteiger partial charge in [0, 0.05) is 19.0 Å². The highest BCUT2D eigenvalue weighted by atomic mass is 16.3. The second-order valence-electron chi connectivity index (χ2n) is 6.67. The van der Waals surface area contributed by atoms with E-state index in [1.807, 2.05) is 18.7 Å². The molecule has 1 atom stereocenters. The summed E-state index contributed by atoms with van der Waals surface area (Å²) in [4.78, 5) is 16.5. The Morgan fingerprint density at radius 3 is 2.32 bits per heavy atom. The van der Waals surface area contributed by atoms with Gasteiger partial charge in [-0.1, -0.05) is 12.8 Å². The molecule has 110 valence electrons. The number of hydrogen-bond acceptors (Lipinski definition) is 3. The Kier molecular flexibility index (Phi) is 4.85. The molecule has 2 rings (SSSR count). The van der Waals surface area contributed by atoms with Gasteiger partial charge >= 0.3 is 0 Å². The van der Waals surface area contributed by atoms with Crippen LogP contribution in [0.15, 0.2) is 0 Å². The minimum absolute atomic E-state index is 0.223. The van der Waals surface area contributed by atoms with Crippen LogP contribution in [0.4, 0.5) is 0 Å². The lowest BCUT2D eigenvalue weighted by Gasteiger charge is -2.27. The molecule has 0 bridgehead atoms. The molecule has 0 aromatic rings. The van der Waals surface area contributed by atoms with Gasteiger partial charge in [-0.3, -0.25) is 9.69 Å². The molecule has 1 unspecified atom stereocenters. The minimum atomic E-state index is -0.669. The summed E-state index contributed by atoms with van der Waals surface area (Å²) >= 11 is 0. The van der Waals surface area contributed by atoms with Crippen LogP contribution in [0, 0.1) is 5.92 Å². The summed E-state index contributed by atoms with van der Waals surface area (Å²) in [5, 5.41) is 10.0. The largest absolute Gasteiger partial charge is 0.390 e. The van der Waals surface area contributed by atoms with E-state index >= 15 is 0 Å². The summed E-state index contributed by atoms with van der Waals surface area (Å²) in [5.41, 5.74) is -0.669. The number of nitrogens with zero attached hydrogens (tertiary/aromatic N) is 2. The van der Waals surface area contributed by atoms with Crippen LogP contribution in [0.5, 0.6) is 0 Å². The second-order valence-corrected chi connectivity index (χ2v) is 6.67. The van der Waals surface area contributed by atoms with Gasteiger partial charge in [-0.25, -0.2) is 0 Å².